The Labute approximate surface area is 79.6 Å². The molecule has 74 valence electrons. The lowest BCUT2D eigenvalue weighted by Crippen LogP contribution is -2.29. The minimum atomic E-state index is -0.0485. The lowest BCUT2D eigenvalue weighted by atomic mass is 9.68. The molecule has 0 aromatic carbocycles. The van der Waals surface area contributed by atoms with Crippen molar-refractivity contribution in [2.24, 2.45) is 5.41 Å². The second kappa shape index (κ2) is 5.21. The summed E-state index contributed by atoms with van der Waals surface area (Å²) in [5, 5.41) is 8.91. The molecule has 0 aromatic rings. The smallest absolute Gasteiger partial charge is 0.0700 e. The minimum absolute atomic E-state index is 0.0485. The summed E-state index contributed by atoms with van der Waals surface area (Å²) >= 11 is 0. The Bertz CT molecular complexity index is 182. The monoisotopic (exact) mass is 183 g/mol. The van der Waals surface area contributed by atoms with Gasteiger partial charge in [-0.1, -0.05) is 6.42 Å². The van der Waals surface area contributed by atoms with Crippen LogP contribution in [0, 0.1) is 16.7 Å². The lowest BCUT2D eigenvalue weighted by Gasteiger charge is -2.34. The number of methoxy groups -OCH3 is 1. The third kappa shape index (κ3) is 2.98. The van der Waals surface area contributed by atoms with Crippen LogP contribution in [0.5, 0.6) is 0 Å². The van der Waals surface area contributed by atoms with E-state index in [1.165, 1.54) is 6.42 Å². The molecule has 1 fully saturated rings. The van der Waals surface area contributed by atoms with Crippen molar-refractivity contribution in [2.75, 3.05) is 26.9 Å². The zero-order valence-electron chi connectivity index (χ0n) is 8.21. The SMILES string of the molecule is COCCOCCC1(C#N)CCC1. The van der Waals surface area contributed by atoms with Gasteiger partial charge in [0.05, 0.1) is 24.7 Å². The Morgan fingerprint density at radius 1 is 1.31 bits per heavy atom. The topological polar surface area (TPSA) is 42.2 Å². The average Bonchev–Trinajstić information content (AvgIpc) is 2.09. The van der Waals surface area contributed by atoms with Crippen LogP contribution in [0.2, 0.25) is 0 Å². The van der Waals surface area contributed by atoms with E-state index in [0.717, 1.165) is 19.3 Å². The summed E-state index contributed by atoms with van der Waals surface area (Å²) in [6.07, 6.45) is 4.19. The molecule has 13 heavy (non-hydrogen) atoms. The molecule has 0 radical (unpaired) electrons. The van der Waals surface area contributed by atoms with E-state index in [9.17, 15) is 0 Å². The molecule has 1 aliphatic rings. The Kier molecular flexibility index (Phi) is 4.20. The molecule has 0 atom stereocenters. The van der Waals surface area contributed by atoms with Crippen molar-refractivity contribution in [1.29, 1.82) is 5.26 Å². The number of nitriles is 1. The van der Waals surface area contributed by atoms with Crippen molar-refractivity contribution in [3.8, 4) is 6.07 Å². The van der Waals surface area contributed by atoms with E-state index in [4.69, 9.17) is 14.7 Å². The molecule has 3 heteroatoms. The van der Waals surface area contributed by atoms with Crippen LogP contribution in [-0.4, -0.2) is 26.9 Å². The van der Waals surface area contributed by atoms with Gasteiger partial charge in [-0.3, -0.25) is 0 Å². The highest BCUT2D eigenvalue weighted by Crippen LogP contribution is 2.43. The molecule has 0 heterocycles. The maximum Gasteiger partial charge on any atom is 0.0700 e. The summed E-state index contributed by atoms with van der Waals surface area (Å²) in [6, 6.07) is 2.39. The van der Waals surface area contributed by atoms with E-state index in [0.29, 0.717) is 19.8 Å². The average molecular weight is 183 g/mol. The zero-order chi connectivity index (χ0) is 9.57. The molecule has 0 aromatic heterocycles. The van der Waals surface area contributed by atoms with Gasteiger partial charge in [0.2, 0.25) is 0 Å². The lowest BCUT2D eigenvalue weighted by molar-refractivity contribution is 0.0461. The normalized spacial score (nSPS) is 19.1. The van der Waals surface area contributed by atoms with Gasteiger partial charge < -0.3 is 9.47 Å². The van der Waals surface area contributed by atoms with Crippen molar-refractivity contribution in [1.82, 2.24) is 0 Å². The molecular weight excluding hydrogens is 166 g/mol. The van der Waals surface area contributed by atoms with Crippen LogP contribution in [0.1, 0.15) is 25.7 Å². The van der Waals surface area contributed by atoms with Gasteiger partial charge in [0.1, 0.15) is 0 Å². The summed E-state index contributed by atoms with van der Waals surface area (Å²) in [5.74, 6) is 0. The zero-order valence-corrected chi connectivity index (χ0v) is 8.21. The van der Waals surface area contributed by atoms with E-state index in [1.54, 1.807) is 7.11 Å². The molecule has 0 aliphatic heterocycles. The Hall–Kier alpha value is -0.590. The first-order valence-corrected chi connectivity index (χ1v) is 4.81. The fourth-order valence-electron chi connectivity index (χ4n) is 1.53. The van der Waals surface area contributed by atoms with Crippen molar-refractivity contribution >= 4 is 0 Å². The van der Waals surface area contributed by atoms with E-state index >= 15 is 0 Å². The molecule has 0 spiro atoms. The first kappa shape index (κ1) is 10.5. The number of hydrogen-bond donors (Lipinski definition) is 0. The summed E-state index contributed by atoms with van der Waals surface area (Å²) in [7, 11) is 1.66. The van der Waals surface area contributed by atoms with E-state index < -0.39 is 0 Å². The largest absolute Gasteiger partial charge is 0.382 e. The molecule has 1 aliphatic carbocycles. The highest BCUT2D eigenvalue weighted by molar-refractivity contribution is 5.04. The molecule has 1 rings (SSSR count). The standard InChI is InChI=1S/C10H17NO2/c1-12-7-8-13-6-5-10(9-11)3-2-4-10/h2-8H2,1H3. The van der Waals surface area contributed by atoms with Gasteiger partial charge in [0.25, 0.3) is 0 Å². The predicted octanol–water partition coefficient (Wildman–Crippen LogP) is 1.73. The summed E-state index contributed by atoms with van der Waals surface area (Å²) in [4.78, 5) is 0. The molecule has 3 nitrogen and oxygen atoms in total. The fourth-order valence-corrected chi connectivity index (χ4v) is 1.53. The molecule has 0 bridgehead atoms. The van der Waals surface area contributed by atoms with E-state index in [2.05, 4.69) is 6.07 Å². The van der Waals surface area contributed by atoms with Crippen LogP contribution in [0.25, 0.3) is 0 Å². The van der Waals surface area contributed by atoms with Gasteiger partial charge in [-0.25, -0.2) is 0 Å². The van der Waals surface area contributed by atoms with Crippen LogP contribution in [0.4, 0.5) is 0 Å². The molecular formula is C10H17NO2. The van der Waals surface area contributed by atoms with Crippen LogP contribution in [0.15, 0.2) is 0 Å². The fraction of sp³-hybridized carbons (Fsp3) is 0.900. The first-order chi connectivity index (χ1) is 6.33. The second-order valence-electron chi connectivity index (χ2n) is 3.60. The van der Waals surface area contributed by atoms with Gasteiger partial charge in [0.15, 0.2) is 0 Å². The van der Waals surface area contributed by atoms with Gasteiger partial charge in [-0.15, -0.1) is 0 Å². The van der Waals surface area contributed by atoms with Crippen molar-refractivity contribution in [3.05, 3.63) is 0 Å². The Morgan fingerprint density at radius 3 is 2.54 bits per heavy atom. The van der Waals surface area contributed by atoms with Gasteiger partial charge in [0, 0.05) is 13.7 Å². The summed E-state index contributed by atoms with van der Waals surface area (Å²) in [5.41, 5.74) is -0.0485. The molecule has 0 N–H and O–H groups in total. The van der Waals surface area contributed by atoms with Crippen molar-refractivity contribution in [2.45, 2.75) is 25.7 Å². The third-order valence-electron chi connectivity index (χ3n) is 2.70. The molecule has 0 saturated heterocycles. The van der Waals surface area contributed by atoms with Crippen LogP contribution < -0.4 is 0 Å². The maximum atomic E-state index is 8.91. The Morgan fingerprint density at radius 2 is 2.08 bits per heavy atom. The van der Waals surface area contributed by atoms with Crippen LogP contribution in [0.3, 0.4) is 0 Å². The van der Waals surface area contributed by atoms with Crippen LogP contribution in [-0.2, 0) is 9.47 Å². The summed E-state index contributed by atoms with van der Waals surface area (Å²) in [6.45, 7) is 1.97. The first-order valence-electron chi connectivity index (χ1n) is 4.81. The van der Waals surface area contributed by atoms with Gasteiger partial charge >= 0.3 is 0 Å². The number of rotatable bonds is 6. The quantitative estimate of drug-likeness (QED) is 0.589. The second-order valence-corrected chi connectivity index (χ2v) is 3.60. The highest BCUT2D eigenvalue weighted by atomic mass is 16.5. The van der Waals surface area contributed by atoms with Crippen molar-refractivity contribution < 1.29 is 9.47 Å². The van der Waals surface area contributed by atoms with E-state index in [1.807, 2.05) is 0 Å². The number of ether oxygens (including phenoxy) is 2. The van der Waals surface area contributed by atoms with Crippen molar-refractivity contribution in [3.63, 3.8) is 0 Å². The minimum Gasteiger partial charge on any atom is -0.382 e. The summed E-state index contributed by atoms with van der Waals surface area (Å²) < 4.78 is 10.2. The van der Waals surface area contributed by atoms with Gasteiger partial charge in [-0.2, -0.15) is 5.26 Å². The number of nitrogens with zero attached hydrogens (tertiary/aromatic N) is 1. The molecule has 0 unspecified atom stereocenters. The third-order valence-corrected chi connectivity index (χ3v) is 2.70. The molecule has 1 saturated carbocycles. The maximum absolute atomic E-state index is 8.91. The van der Waals surface area contributed by atoms with Crippen LogP contribution >= 0.6 is 0 Å². The van der Waals surface area contributed by atoms with E-state index in [-0.39, 0.29) is 5.41 Å². The predicted molar refractivity (Wildman–Crippen MR) is 49.2 cm³/mol. The highest BCUT2D eigenvalue weighted by Gasteiger charge is 2.36. The van der Waals surface area contributed by atoms with Gasteiger partial charge in [-0.05, 0) is 19.3 Å². The molecule has 0 amide bonds. The number of hydrogen-bond acceptors (Lipinski definition) is 3. The Balaban J connectivity index is 2.02.